The van der Waals surface area contributed by atoms with Crippen molar-refractivity contribution < 1.29 is 4.43 Å². The average molecular weight is 478 g/mol. The number of hydrogen-bond donors (Lipinski definition) is 0. The van der Waals surface area contributed by atoms with Crippen LogP contribution in [0.15, 0.2) is 64.9 Å². The second kappa shape index (κ2) is 11.6. The molecule has 0 aliphatic heterocycles. The van der Waals surface area contributed by atoms with Gasteiger partial charge >= 0.3 is 0 Å². The highest BCUT2D eigenvalue weighted by molar-refractivity contribution is 6.74. The molecule has 0 radical (unpaired) electrons. The zero-order chi connectivity index (χ0) is 25.6. The first kappa shape index (κ1) is 28.3. The topological polar surface area (TPSA) is 22.1 Å². The molecule has 0 bridgehead atoms. The van der Waals surface area contributed by atoms with Crippen molar-refractivity contribution in [3.05, 3.63) is 76.2 Å². The summed E-state index contributed by atoms with van der Waals surface area (Å²) in [6.45, 7) is 23.4. The van der Waals surface area contributed by atoms with Crippen molar-refractivity contribution in [1.29, 1.82) is 0 Å². The van der Waals surface area contributed by atoms with Gasteiger partial charge in [0.15, 0.2) is 8.32 Å². The van der Waals surface area contributed by atoms with Crippen LogP contribution in [0.5, 0.6) is 0 Å². The van der Waals surface area contributed by atoms with E-state index < -0.39 is 8.32 Å². The van der Waals surface area contributed by atoms with E-state index in [0.29, 0.717) is 6.61 Å². The van der Waals surface area contributed by atoms with E-state index in [9.17, 15) is 0 Å². The number of pyridine rings is 1. The molecule has 1 aliphatic rings. The maximum atomic E-state index is 6.35. The Labute approximate surface area is 210 Å². The van der Waals surface area contributed by atoms with Crippen LogP contribution in [0.3, 0.4) is 0 Å². The van der Waals surface area contributed by atoms with Crippen molar-refractivity contribution in [2.75, 3.05) is 6.61 Å². The Kier molecular flexibility index (Phi) is 9.68. The van der Waals surface area contributed by atoms with E-state index >= 15 is 0 Å². The third-order valence-corrected chi connectivity index (χ3v) is 11.8. The van der Waals surface area contributed by atoms with Crippen LogP contribution in [0.4, 0.5) is 0 Å². The fourth-order valence-corrected chi connectivity index (χ4v) is 5.07. The highest BCUT2D eigenvalue weighted by Crippen LogP contribution is 2.41. The van der Waals surface area contributed by atoms with Crippen LogP contribution in [-0.4, -0.2) is 19.9 Å². The lowest BCUT2D eigenvalue weighted by Crippen LogP contribution is -2.41. The SMILES string of the molecule is CC1=C(/C=C/C(C)=C/C=C/c2ccnc(/C=C(\C)CO[Si](C)(C)C(C)(C)C)c2)C(C)(C)CCC1. The molecule has 1 aromatic heterocycles. The third-order valence-electron chi connectivity index (χ3n) is 7.37. The molecular formula is C31H47NOSi. The summed E-state index contributed by atoms with van der Waals surface area (Å²) < 4.78 is 6.35. The number of hydrogen-bond acceptors (Lipinski definition) is 2. The molecule has 1 aromatic rings. The Bertz CT molecular complexity index is 997. The minimum atomic E-state index is -1.74. The summed E-state index contributed by atoms with van der Waals surface area (Å²) >= 11 is 0. The smallest absolute Gasteiger partial charge is 0.192 e. The van der Waals surface area contributed by atoms with Crippen LogP contribution in [0.2, 0.25) is 18.1 Å². The molecular weight excluding hydrogens is 430 g/mol. The van der Waals surface area contributed by atoms with Gasteiger partial charge < -0.3 is 4.43 Å². The van der Waals surface area contributed by atoms with Crippen molar-refractivity contribution in [3.63, 3.8) is 0 Å². The summed E-state index contributed by atoms with van der Waals surface area (Å²) in [5.41, 5.74) is 7.91. The van der Waals surface area contributed by atoms with Crippen LogP contribution in [0, 0.1) is 5.41 Å². The Morgan fingerprint density at radius 1 is 1.18 bits per heavy atom. The molecule has 0 aromatic carbocycles. The molecule has 0 saturated heterocycles. The van der Waals surface area contributed by atoms with Gasteiger partial charge in [0, 0.05) is 6.20 Å². The minimum absolute atomic E-state index is 0.222. The highest BCUT2D eigenvalue weighted by Gasteiger charge is 2.37. The second-order valence-corrected chi connectivity index (χ2v) is 16.9. The molecule has 0 atom stereocenters. The van der Waals surface area contributed by atoms with E-state index in [1.54, 1.807) is 5.57 Å². The molecule has 186 valence electrons. The van der Waals surface area contributed by atoms with E-state index in [-0.39, 0.29) is 10.5 Å². The molecule has 0 saturated carbocycles. The van der Waals surface area contributed by atoms with Crippen molar-refractivity contribution in [1.82, 2.24) is 4.98 Å². The molecule has 3 heteroatoms. The predicted molar refractivity (Wildman–Crippen MR) is 153 cm³/mol. The first-order valence-corrected chi connectivity index (χ1v) is 15.6. The lowest BCUT2D eigenvalue weighted by molar-refractivity contribution is 0.319. The Balaban J connectivity index is 2.04. The number of aromatic nitrogens is 1. The molecule has 0 amide bonds. The van der Waals surface area contributed by atoms with E-state index in [2.05, 4.69) is 116 Å². The quantitative estimate of drug-likeness (QED) is 0.275. The monoisotopic (exact) mass is 477 g/mol. The zero-order valence-electron chi connectivity index (χ0n) is 23.4. The zero-order valence-corrected chi connectivity index (χ0v) is 24.4. The van der Waals surface area contributed by atoms with Gasteiger partial charge in [0.25, 0.3) is 0 Å². The molecule has 1 heterocycles. The highest BCUT2D eigenvalue weighted by atomic mass is 28.4. The minimum Gasteiger partial charge on any atom is -0.413 e. The molecule has 2 nitrogen and oxygen atoms in total. The first-order chi connectivity index (χ1) is 15.7. The normalized spacial score (nSPS) is 18.4. The molecule has 0 spiro atoms. The van der Waals surface area contributed by atoms with Gasteiger partial charge in [0.2, 0.25) is 0 Å². The fraction of sp³-hybridized carbons (Fsp3) is 0.516. The largest absolute Gasteiger partial charge is 0.413 e. The summed E-state index contributed by atoms with van der Waals surface area (Å²) in [7, 11) is -1.74. The standard InChI is InChI=1S/C31H47NOSi/c1-24(16-17-29-26(3)14-12-19-31(29,7)8)13-11-15-27-18-20-32-28(22-27)21-25(2)23-33-34(9,10)30(4,5)6/h11,13,15-18,20-22H,12,14,19,23H2,1-10H3/b15-11+,17-16+,24-13+,25-21+. The molecule has 0 N–H and O–H groups in total. The van der Waals surface area contributed by atoms with E-state index in [0.717, 1.165) is 11.3 Å². The summed E-state index contributed by atoms with van der Waals surface area (Å²) in [6.07, 6.45) is 18.9. The Hall–Kier alpha value is -1.97. The average Bonchev–Trinajstić information content (AvgIpc) is 2.71. The summed E-state index contributed by atoms with van der Waals surface area (Å²) in [5, 5.41) is 0.222. The van der Waals surface area contributed by atoms with Crippen LogP contribution < -0.4 is 0 Å². The van der Waals surface area contributed by atoms with Gasteiger partial charge in [-0.3, -0.25) is 4.98 Å². The van der Waals surface area contributed by atoms with Gasteiger partial charge in [-0.2, -0.15) is 0 Å². The fourth-order valence-electron chi connectivity index (χ4n) is 4.04. The summed E-state index contributed by atoms with van der Waals surface area (Å²) in [4.78, 5) is 4.53. The van der Waals surface area contributed by atoms with Gasteiger partial charge in [-0.25, -0.2) is 0 Å². The Morgan fingerprint density at radius 3 is 2.53 bits per heavy atom. The van der Waals surface area contributed by atoms with Crippen molar-refractivity contribution in [2.45, 2.75) is 92.8 Å². The summed E-state index contributed by atoms with van der Waals surface area (Å²) in [6, 6.07) is 4.18. The molecule has 0 fully saturated rings. The van der Waals surface area contributed by atoms with Gasteiger partial charge in [0.1, 0.15) is 0 Å². The molecule has 1 aliphatic carbocycles. The first-order valence-electron chi connectivity index (χ1n) is 12.7. The summed E-state index contributed by atoms with van der Waals surface area (Å²) in [5.74, 6) is 0. The van der Waals surface area contributed by atoms with E-state index in [4.69, 9.17) is 4.43 Å². The third kappa shape index (κ3) is 8.36. The molecule has 34 heavy (non-hydrogen) atoms. The van der Waals surface area contributed by atoms with Gasteiger partial charge in [-0.05, 0) is 98.5 Å². The predicted octanol–water partition coefficient (Wildman–Crippen LogP) is 9.55. The van der Waals surface area contributed by atoms with Gasteiger partial charge in [-0.15, -0.1) is 0 Å². The Morgan fingerprint density at radius 2 is 1.88 bits per heavy atom. The van der Waals surface area contributed by atoms with Crippen LogP contribution in [0.1, 0.15) is 85.9 Å². The van der Waals surface area contributed by atoms with Crippen LogP contribution in [0.25, 0.3) is 12.2 Å². The molecule has 0 unspecified atom stereocenters. The lowest BCUT2D eigenvalue weighted by Gasteiger charge is -2.36. The number of allylic oxidation sites excluding steroid dienone is 7. The van der Waals surface area contributed by atoms with Crippen LogP contribution >= 0.6 is 0 Å². The van der Waals surface area contributed by atoms with Gasteiger partial charge in [-0.1, -0.05) is 76.1 Å². The number of rotatable bonds is 8. The van der Waals surface area contributed by atoms with Gasteiger partial charge in [0.05, 0.1) is 12.3 Å². The molecule has 2 rings (SSSR count). The van der Waals surface area contributed by atoms with E-state index in [1.165, 1.54) is 36.0 Å². The van der Waals surface area contributed by atoms with Crippen LogP contribution in [-0.2, 0) is 4.43 Å². The van der Waals surface area contributed by atoms with Crippen molar-refractivity contribution in [2.24, 2.45) is 5.41 Å². The van der Waals surface area contributed by atoms with Crippen molar-refractivity contribution >= 4 is 20.5 Å². The maximum Gasteiger partial charge on any atom is 0.192 e. The second-order valence-electron chi connectivity index (χ2n) is 12.1. The maximum absolute atomic E-state index is 6.35. The van der Waals surface area contributed by atoms with E-state index in [1.807, 2.05) is 12.3 Å². The lowest BCUT2D eigenvalue weighted by atomic mass is 9.72. The van der Waals surface area contributed by atoms with Crippen molar-refractivity contribution in [3.8, 4) is 0 Å². The number of nitrogens with zero attached hydrogens (tertiary/aromatic N) is 1.